The zero-order valence-electron chi connectivity index (χ0n) is 11.8. The van der Waals surface area contributed by atoms with Gasteiger partial charge >= 0.3 is 0 Å². The molecule has 0 spiro atoms. The van der Waals surface area contributed by atoms with E-state index in [1.807, 2.05) is 0 Å². The van der Waals surface area contributed by atoms with E-state index in [4.69, 9.17) is 5.10 Å². The Morgan fingerprint density at radius 3 is 2.84 bits per heavy atom. The van der Waals surface area contributed by atoms with Gasteiger partial charge in [0.1, 0.15) is 0 Å². The highest BCUT2D eigenvalue weighted by atomic mass is 16.3. The zero-order valence-corrected chi connectivity index (χ0v) is 11.8. The molecule has 2 heterocycles. The first kappa shape index (κ1) is 13.1. The van der Waals surface area contributed by atoms with Crippen molar-refractivity contribution in [2.45, 2.75) is 57.7 Å². The molecule has 1 aromatic heterocycles. The van der Waals surface area contributed by atoms with Gasteiger partial charge in [0.2, 0.25) is 0 Å². The predicted octanol–water partition coefficient (Wildman–Crippen LogP) is 2.20. The van der Waals surface area contributed by atoms with Gasteiger partial charge in [-0.05, 0) is 31.2 Å². The minimum atomic E-state index is -0.118. The molecule has 1 aliphatic carbocycles. The van der Waals surface area contributed by atoms with Crippen LogP contribution in [0.4, 0.5) is 0 Å². The van der Waals surface area contributed by atoms with Gasteiger partial charge in [-0.15, -0.1) is 0 Å². The van der Waals surface area contributed by atoms with E-state index in [2.05, 4.69) is 28.8 Å². The maximum atomic E-state index is 9.76. The topological polar surface area (TPSA) is 41.3 Å². The number of aromatic nitrogens is 2. The quantitative estimate of drug-likeness (QED) is 0.909. The smallest absolute Gasteiger partial charge is 0.0764 e. The van der Waals surface area contributed by atoms with Crippen LogP contribution < -0.4 is 0 Å². The summed E-state index contributed by atoms with van der Waals surface area (Å²) in [5.74, 6) is 0.380. The van der Waals surface area contributed by atoms with Crippen LogP contribution in [0.2, 0.25) is 0 Å². The van der Waals surface area contributed by atoms with Gasteiger partial charge in [0.15, 0.2) is 0 Å². The highest BCUT2D eigenvalue weighted by molar-refractivity contribution is 5.01. The van der Waals surface area contributed by atoms with E-state index in [0.29, 0.717) is 12.0 Å². The molecule has 0 amide bonds. The maximum Gasteiger partial charge on any atom is 0.0764 e. The van der Waals surface area contributed by atoms with Gasteiger partial charge < -0.3 is 5.11 Å². The number of aliphatic hydroxyl groups is 1. The second kappa shape index (κ2) is 5.63. The molecule has 1 saturated heterocycles. The summed E-state index contributed by atoms with van der Waals surface area (Å²) in [7, 11) is 0. The maximum absolute atomic E-state index is 9.76. The summed E-state index contributed by atoms with van der Waals surface area (Å²) in [6.45, 7) is 5.03. The van der Waals surface area contributed by atoms with Crippen LogP contribution in [-0.4, -0.2) is 39.0 Å². The van der Waals surface area contributed by atoms with Gasteiger partial charge in [-0.3, -0.25) is 9.58 Å². The summed E-state index contributed by atoms with van der Waals surface area (Å²) >= 11 is 0. The lowest BCUT2D eigenvalue weighted by Gasteiger charge is -2.33. The first-order chi connectivity index (χ1) is 9.22. The van der Waals surface area contributed by atoms with Gasteiger partial charge in [0.25, 0.3) is 0 Å². The predicted molar refractivity (Wildman–Crippen MR) is 74.8 cm³/mol. The van der Waals surface area contributed by atoms with Crippen LogP contribution in [0.5, 0.6) is 0 Å². The average Bonchev–Trinajstić information content (AvgIpc) is 3.04. The van der Waals surface area contributed by atoms with Crippen molar-refractivity contribution in [1.29, 1.82) is 0 Å². The first-order valence-corrected chi connectivity index (χ1v) is 7.67. The van der Waals surface area contributed by atoms with E-state index in [0.717, 1.165) is 26.1 Å². The molecule has 2 atom stereocenters. The van der Waals surface area contributed by atoms with E-state index in [1.54, 1.807) is 0 Å². The second-order valence-corrected chi connectivity index (χ2v) is 6.29. The first-order valence-electron chi connectivity index (χ1n) is 7.67. The van der Waals surface area contributed by atoms with E-state index < -0.39 is 0 Å². The Labute approximate surface area is 115 Å². The molecule has 0 aromatic carbocycles. The van der Waals surface area contributed by atoms with Gasteiger partial charge in [-0.25, -0.2) is 0 Å². The molecule has 4 heteroatoms. The molecule has 106 valence electrons. The number of hydrogen-bond acceptors (Lipinski definition) is 3. The van der Waals surface area contributed by atoms with Crippen molar-refractivity contribution >= 4 is 0 Å². The molecule has 3 rings (SSSR count). The van der Waals surface area contributed by atoms with Crippen molar-refractivity contribution < 1.29 is 5.11 Å². The van der Waals surface area contributed by atoms with E-state index in [-0.39, 0.29) is 6.10 Å². The van der Waals surface area contributed by atoms with Gasteiger partial charge in [-0.2, -0.15) is 5.10 Å². The number of nitrogens with zero attached hydrogens (tertiary/aromatic N) is 3. The third kappa shape index (κ3) is 3.00. The Morgan fingerprint density at radius 1 is 1.32 bits per heavy atom. The zero-order chi connectivity index (χ0) is 13.2. The number of hydrogen-bond donors (Lipinski definition) is 1. The Balaban J connectivity index is 1.58. The molecule has 4 nitrogen and oxygen atoms in total. The van der Waals surface area contributed by atoms with Crippen LogP contribution in [0.15, 0.2) is 12.3 Å². The number of likely N-dealkylation sites (tertiary alicyclic amines) is 1. The van der Waals surface area contributed by atoms with Crippen LogP contribution in [0, 0.1) is 5.92 Å². The lowest BCUT2D eigenvalue weighted by molar-refractivity contribution is 0.0315. The summed E-state index contributed by atoms with van der Waals surface area (Å²) < 4.78 is 2.17. The molecule has 0 radical (unpaired) electrons. The lowest BCUT2D eigenvalue weighted by atomic mass is 9.97. The summed E-state index contributed by atoms with van der Waals surface area (Å²) in [4.78, 5) is 2.42. The van der Waals surface area contributed by atoms with Crippen LogP contribution in [-0.2, 0) is 6.54 Å². The largest absolute Gasteiger partial charge is 0.393 e. The molecular weight excluding hydrogens is 238 g/mol. The van der Waals surface area contributed by atoms with Crippen molar-refractivity contribution in [2.24, 2.45) is 5.92 Å². The minimum absolute atomic E-state index is 0.118. The highest BCUT2D eigenvalue weighted by Gasteiger charge is 2.25. The summed E-state index contributed by atoms with van der Waals surface area (Å²) in [5, 5.41) is 14.5. The fourth-order valence-electron chi connectivity index (χ4n) is 3.43. The van der Waals surface area contributed by atoms with Crippen molar-refractivity contribution in [2.75, 3.05) is 13.1 Å². The lowest BCUT2D eigenvalue weighted by Crippen LogP contribution is -2.41. The molecule has 1 aliphatic heterocycles. The molecule has 2 aliphatic rings. The second-order valence-electron chi connectivity index (χ2n) is 6.29. The molecule has 19 heavy (non-hydrogen) atoms. The van der Waals surface area contributed by atoms with Crippen LogP contribution in [0.3, 0.4) is 0 Å². The minimum Gasteiger partial charge on any atom is -0.393 e. The van der Waals surface area contributed by atoms with Gasteiger partial charge in [0, 0.05) is 25.8 Å². The summed E-state index contributed by atoms with van der Waals surface area (Å²) in [5.41, 5.74) is 1.18. The Kier molecular flexibility index (Phi) is 3.89. The Hall–Kier alpha value is -0.870. The molecule has 2 fully saturated rings. The number of rotatable bonds is 3. The Morgan fingerprint density at radius 2 is 2.11 bits per heavy atom. The van der Waals surface area contributed by atoms with E-state index in [9.17, 15) is 5.11 Å². The van der Waals surface area contributed by atoms with Crippen molar-refractivity contribution in [3.63, 3.8) is 0 Å². The third-order valence-corrected chi connectivity index (χ3v) is 4.69. The third-order valence-electron chi connectivity index (χ3n) is 4.69. The van der Waals surface area contributed by atoms with E-state index in [1.165, 1.54) is 31.4 Å². The molecule has 2 unspecified atom stereocenters. The molecule has 1 N–H and O–H groups in total. The van der Waals surface area contributed by atoms with E-state index >= 15 is 0 Å². The van der Waals surface area contributed by atoms with Crippen molar-refractivity contribution in [3.05, 3.63) is 18.0 Å². The highest BCUT2D eigenvalue weighted by Crippen LogP contribution is 2.29. The number of aliphatic hydroxyl groups excluding tert-OH is 1. The van der Waals surface area contributed by atoms with Crippen LogP contribution in [0.25, 0.3) is 0 Å². The summed E-state index contributed by atoms with van der Waals surface area (Å²) in [6, 6.07) is 2.80. The number of piperidine rings is 1. The standard InChI is InChI=1S/C15H25N3O/c1-12-10-17(8-7-15(12)19)11-13-6-9-18(16-13)14-4-2-3-5-14/h6,9,12,14-15,19H,2-5,7-8,10-11H2,1H3. The molecule has 1 saturated carbocycles. The molecule has 1 aromatic rings. The fraction of sp³-hybridized carbons (Fsp3) is 0.800. The fourth-order valence-corrected chi connectivity index (χ4v) is 3.43. The average molecular weight is 263 g/mol. The monoisotopic (exact) mass is 263 g/mol. The summed E-state index contributed by atoms with van der Waals surface area (Å²) in [6.07, 6.45) is 8.19. The van der Waals surface area contributed by atoms with Crippen molar-refractivity contribution in [3.8, 4) is 0 Å². The van der Waals surface area contributed by atoms with Gasteiger partial charge in [-0.1, -0.05) is 19.8 Å². The normalized spacial score (nSPS) is 30.0. The van der Waals surface area contributed by atoms with Crippen molar-refractivity contribution in [1.82, 2.24) is 14.7 Å². The Bertz CT molecular complexity index is 411. The molecular formula is C15H25N3O. The van der Waals surface area contributed by atoms with Gasteiger partial charge in [0.05, 0.1) is 17.8 Å². The molecule has 0 bridgehead atoms. The van der Waals surface area contributed by atoms with Crippen LogP contribution in [0.1, 0.15) is 50.8 Å². The van der Waals surface area contributed by atoms with Crippen LogP contribution >= 0.6 is 0 Å². The SMILES string of the molecule is CC1CN(Cc2ccn(C3CCCC3)n2)CCC1O.